The molecule has 0 saturated carbocycles. The van der Waals surface area contributed by atoms with Gasteiger partial charge >= 0.3 is 6.03 Å². The quantitative estimate of drug-likeness (QED) is 0.717. The molecule has 0 heterocycles. The van der Waals surface area contributed by atoms with Crippen LogP contribution in [-0.2, 0) is 6.42 Å². The molecule has 0 saturated heterocycles. The van der Waals surface area contributed by atoms with E-state index in [1.807, 2.05) is 19.9 Å². The molecule has 2 unspecified atom stereocenters. The maximum Gasteiger partial charge on any atom is 0.314 e. The van der Waals surface area contributed by atoms with Crippen LogP contribution in [0.15, 0.2) is 24.3 Å². The normalized spacial score (nSPS) is 13.6. The van der Waals surface area contributed by atoms with Crippen LogP contribution in [-0.4, -0.2) is 30.3 Å². The molecule has 3 N–H and O–H groups in total. The van der Waals surface area contributed by atoms with E-state index in [-0.39, 0.29) is 24.3 Å². The van der Waals surface area contributed by atoms with Gasteiger partial charge in [0.15, 0.2) is 0 Å². The molecule has 4 nitrogen and oxygen atoms in total. The molecule has 0 radical (unpaired) electrons. The Balaban J connectivity index is 2.20. The van der Waals surface area contributed by atoms with Gasteiger partial charge in [0, 0.05) is 13.1 Å². The second-order valence-corrected chi connectivity index (χ2v) is 4.97. The van der Waals surface area contributed by atoms with E-state index >= 15 is 0 Å². The van der Waals surface area contributed by atoms with Crippen molar-refractivity contribution in [3.8, 4) is 0 Å². The first-order chi connectivity index (χ1) is 9.52. The van der Waals surface area contributed by atoms with Gasteiger partial charge < -0.3 is 15.7 Å². The van der Waals surface area contributed by atoms with Gasteiger partial charge in [0.2, 0.25) is 0 Å². The van der Waals surface area contributed by atoms with Crippen LogP contribution in [0.25, 0.3) is 0 Å². The van der Waals surface area contributed by atoms with Crippen LogP contribution in [0.2, 0.25) is 0 Å². The molecule has 0 fully saturated rings. The molecule has 2 atom stereocenters. The van der Waals surface area contributed by atoms with E-state index in [0.29, 0.717) is 13.0 Å². The summed E-state index contributed by atoms with van der Waals surface area (Å²) in [7, 11) is 0. The lowest BCUT2D eigenvalue weighted by atomic mass is 10.0. The van der Waals surface area contributed by atoms with Gasteiger partial charge in [0.05, 0.1) is 6.10 Å². The van der Waals surface area contributed by atoms with Crippen LogP contribution < -0.4 is 10.6 Å². The number of hydrogen-bond acceptors (Lipinski definition) is 2. The van der Waals surface area contributed by atoms with Crippen molar-refractivity contribution in [2.24, 2.45) is 5.92 Å². The summed E-state index contributed by atoms with van der Waals surface area (Å²) in [6.45, 7) is 4.59. The standard InChI is InChI=1S/C15H23FN2O2/c1-3-11(2)14(19)10-18-15(20)17-8-7-12-5-4-6-13(16)9-12/h4-6,9,11,14,19H,3,7-8,10H2,1-2H3,(H2,17,18,20). The first-order valence-electron chi connectivity index (χ1n) is 6.97. The molecule has 0 aliphatic rings. The molecule has 2 amide bonds. The molecule has 1 aromatic rings. The van der Waals surface area contributed by atoms with Crippen molar-refractivity contribution in [2.45, 2.75) is 32.8 Å². The van der Waals surface area contributed by atoms with Gasteiger partial charge in [-0.15, -0.1) is 0 Å². The first kappa shape index (κ1) is 16.4. The third kappa shape index (κ3) is 6.02. The Kier molecular flexibility index (Phi) is 7.01. The molecular weight excluding hydrogens is 259 g/mol. The zero-order chi connectivity index (χ0) is 15.0. The number of amides is 2. The monoisotopic (exact) mass is 282 g/mol. The number of nitrogens with one attached hydrogen (secondary N) is 2. The Morgan fingerprint density at radius 3 is 2.80 bits per heavy atom. The summed E-state index contributed by atoms with van der Waals surface area (Å²) in [5.41, 5.74) is 0.838. The van der Waals surface area contributed by atoms with Crippen molar-refractivity contribution < 1.29 is 14.3 Å². The Morgan fingerprint density at radius 1 is 1.40 bits per heavy atom. The van der Waals surface area contributed by atoms with Crippen LogP contribution >= 0.6 is 0 Å². The van der Waals surface area contributed by atoms with Crippen molar-refractivity contribution in [2.75, 3.05) is 13.1 Å². The Hall–Kier alpha value is -1.62. The Morgan fingerprint density at radius 2 is 2.15 bits per heavy atom. The van der Waals surface area contributed by atoms with E-state index in [4.69, 9.17) is 0 Å². The predicted octanol–water partition coefficient (Wildman–Crippen LogP) is 2.07. The first-order valence-corrected chi connectivity index (χ1v) is 6.97. The fourth-order valence-electron chi connectivity index (χ4n) is 1.75. The highest BCUT2D eigenvalue weighted by atomic mass is 19.1. The lowest BCUT2D eigenvalue weighted by molar-refractivity contribution is 0.114. The lowest BCUT2D eigenvalue weighted by Crippen LogP contribution is -2.42. The second-order valence-electron chi connectivity index (χ2n) is 4.97. The number of carbonyl (C=O) groups is 1. The lowest BCUT2D eigenvalue weighted by Gasteiger charge is -2.17. The van der Waals surface area contributed by atoms with Gasteiger partial charge in [-0.2, -0.15) is 0 Å². The molecule has 1 rings (SSSR count). The highest BCUT2D eigenvalue weighted by Gasteiger charge is 2.12. The van der Waals surface area contributed by atoms with E-state index in [2.05, 4.69) is 10.6 Å². The van der Waals surface area contributed by atoms with E-state index in [1.54, 1.807) is 6.07 Å². The predicted molar refractivity (Wildman–Crippen MR) is 77.0 cm³/mol. The van der Waals surface area contributed by atoms with Crippen molar-refractivity contribution in [1.29, 1.82) is 0 Å². The van der Waals surface area contributed by atoms with Crippen molar-refractivity contribution in [3.63, 3.8) is 0 Å². The van der Waals surface area contributed by atoms with Gasteiger partial charge in [0.1, 0.15) is 5.82 Å². The van der Waals surface area contributed by atoms with Crippen molar-refractivity contribution >= 4 is 6.03 Å². The molecule has 1 aromatic carbocycles. The maximum atomic E-state index is 12.9. The smallest absolute Gasteiger partial charge is 0.314 e. The number of benzene rings is 1. The van der Waals surface area contributed by atoms with Crippen LogP contribution in [0, 0.1) is 11.7 Å². The number of rotatable bonds is 7. The second kappa shape index (κ2) is 8.53. The van der Waals surface area contributed by atoms with Crippen LogP contribution in [0.3, 0.4) is 0 Å². The molecule has 5 heteroatoms. The van der Waals surface area contributed by atoms with Crippen LogP contribution in [0.1, 0.15) is 25.8 Å². The van der Waals surface area contributed by atoms with E-state index in [9.17, 15) is 14.3 Å². The number of urea groups is 1. The number of hydrogen-bond donors (Lipinski definition) is 3. The van der Waals surface area contributed by atoms with Crippen LogP contribution in [0.5, 0.6) is 0 Å². The minimum Gasteiger partial charge on any atom is -0.391 e. The van der Waals surface area contributed by atoms with Gasteiger partial charge in [-0.3, -0.25) is 0 Å². The maximum absolute atomic E-state index is 12.9. The van der Waals surface area contributed by atoms with Crippen molar-refractivity contribution in [1.82, 2.24) is 10.6 Å². The molecule has 0 spiro atoms. The fourth-order valence-corrected chi connectivity index (χ4v) is 1.75. The third-order valence-electron chi connectivity index (χ3n) is 3.36. The van der Waals surface area contributed by atoms with Gasteiger partial charge in [0.25, 0.3) is 0 Å². The Labute approximate surface area is 119 Å². The number of carbonyl (C=O) groups excluding carboxylic acids is 1. The van der Waals surface area contributed by atoms with Crippen LogP contribution in [0.4, 0.5) is 9.18 Å². The largest absolute Gasteiger partial charge is 0.391 e. The van der Waals surface area contributed by atoms with Gasteiger partial charge in [-0.25, -0.2) is 9.18 Å². The summed E-state index contributed by atoms with van der Waals surface area (Å²) in [6.07, 6.45) is 0.900. The molecule has 20 heavy (non-hydrogen) atoms. The molecule has 0 bridgehead atoms. The summed E-state index contributed by atoms with van der Waals surface area (Å²) < 4.78 is 12.9. The van der Waals surface area contributed by atoms with Gasteiger partial charge in [-0.05, 0) is 30.0 Å². The van der Waals surface area contributed by atoms with E-state index < -0.39 is 6.10 Å². The summed E-state index contributed by atoms with van der Waals surface area (Å²) in [6, 6.07) is 5.98. The summed E-state index contributed by atoms with van der Waals surface area (Å²) in [4.78, 5) is 11.5. The summed E-state index contributed by atoms with van der Waals surface area (Å²) in [5.74, 6) is -0.119. The number of aliphatic hydroxyl groups excluding tert-OH is 1. The molecule has 0 aliphatic carbocycles. The molecular formula is C15H23FN2O2. The molecule has 0 aromatic heterocycles. The third-order valence-corrected chi connectivity index (χ3v) is 3.36. The summed E-state index contributed by atoms with van der Waals surface area (Å²) >= 11 is 0. The zero-order valence-corrected chi connectivity index (χ0v) is 12.0. The van der Waals surface area contributed by atoms with Gasteiger partial charge in [-0.1, -0.05) is 32.4 Å². The van der Waals surface area contributed by atoms with E-state index in [1.165, 1.54) is 12.1 Å². The Bertz CT molecular complexity index is 426. The number of halogens is 1. The molecule has 112 valence electrons. The minimum atomic E-state index is -0.533. The van der Waals surface area contributed by atoms with E-state index in [0.717, 1.165) is 12.0 Å². The molecule has 0 aliphatic heterocycles. The topological polar surface area (TPSA) is 61.4 Å². The SMILES string of the molecule is CCC(C)C(O)CNC(=O)NCCc1cccc(F)c1. The average molecular weight is 282 g/mol. The highest BCUT2D eigenvalue weighted by Crippen LogP contribution is 2.06. The zero-order valence-electron chi connectivity index (χ0n) is 12.0. The minimum absolute atomic E-state index is 0.155. The summed E-state index contributed by atoms with van der Waals surface area (Å²) in [5, 5.41) is 15.0. The number of aliphatic hydroxyl groups is 1. The van der Waals surface area contributed by atoms with Crippen molar-refractivity contribution in [3.05, 3.63) is 35.6 Å². The fraction of sp³-hybridized carbons (Fsp3) is 0.533. The average Bonchev–Trinajstić information content (AvgIpc) is 2.44. The highest BCUT2D eigenvalue weighted by molar-refractivity contribution is 5.73.